The van der Waals surface area contributed by atoms with Crippen molar-refractivity contribution in [1.29, 1.82) is 0 Å². The van der Waals surface area contributed by atoms with Gasteiger partial charge in [0.15, 0.2) is 0 Å². The molecule has 8 nitrogen and oxygen atoms in total. The van der Waals surface area contributed by atoms with E-state index >= 15 is 0 Å². The highest BCUT2D eigenvalue weighted by molar-refractivity contribution is 5.47. The zero-order valence-electron chi connectivity index (χ0n) is 15.1. The summed E-state index contributed by atoms with van der Waals surface area (Å²) in [5.74, 6) is 0.879. The Morgan fingerprint density at radius 1 is 1.12 bits per heavy atom. The predicted molar refractivity (Wildman–Crippen MR) is 97.3 cm³/mol. The van der Waals surface area contributed by atoms with Gasteiger partial charge in [-0.3, -0.25) is 9.36 Å². The monoisotopic (exact) mass is 344 g/mol. The summed E-state index contributed by atoms with van der Waals surface area (Å²) in [6, 6.07) is 0.306. The Kier molecular flexibility index (Phi) is 4.61. The van der Waals surface area contributed by atoms with Crippen molar-refractivity contribution >= 4 is 11.5 Å². The first-order valence-electron chi connectivity index (χ1n) is 8.45. The zero-order chi connectivity index (χ0) is 18.1. The molecule has 0 bridgehead atoms. The number of aromatic nitrogens is 4. The van der Waals surface area contributed by atoms with Crippen molar-refractivity contribution in [2.24, 2.45) is 14.1 Å². The van der Waals surface area contributed by atoms with Gasteiger partial charge in [0.25, 0.3) is 5.56 Å². The largest absolute Gasteiger partial charge is 0.367 e. The zero-order valence-corrected chi connectivity index (χ0v) is 15.1. The third-order valence-corrected chi connectivity index (χ3v) is 4.94. The van der Waals surface area contributed by atoms with Crippen LogP contribution in [0.15, 0.2) is 22.1 Å². The fraction of sp³-hybridized carbons (Fsp3) is 0.529. The molecule has 1 fully saturated rings. The number of anilines is 2. The second kappa shape index (κ2) is 6.70. The standard InChI is InChI=1S/C17H24N6O2/c1-11-12(2)18-10-19-15(11)20-13-5-7-23(8-6-13)14-9-21(3)17(25)22(4)16(14)24/h9-10,13H,5-8H2,1-4H3,(H,18,19,20). The molecule has 134 valence electrons. The normalized spacial score (nSPS) is 15.4. The molecule has 2 aromatic rings. The van der Waals surface area contributed by atoms with Crippen LogP contribution < -0.4 is 21.5 Å². The first kappa shape index (κ1) is 17.2. The molecule has 3 rings (SSSR count). The summed E-state index contributed by atoms with van der Waals surface area (Å²) < 4.78 is 2.61. The summed E-state index contributed by atoms with van der Waals surface area (Å²) in [7, 11) is 3.18. The quantitative estimate of drug-likeness (QED) is 0.876. The molecule has 0 aliphatic carbocycles. The Balaban J connectivity index is 1.71. The summed E-state index contributed by atoms with van der Waals surface area (Å²) >= 11 is 0. The summed E-state index contributed by atoms with van der Waals surface area (Å²) in [5, 5.41) is 3.49. The number of aryl methyl sites for hydroxylation is 2. The van der Waals surface area contributed by atoms with Crippen LogP contribution in [0, 0.1) is 13.8 Å². The van der Waals surface area contributed by atoms with E-state index in [2.05, 4.69) is 20.2 Å². The summed E-state index contributed by atoms with van der Waals surface area (Å²) in [6.45, 7) is 5.50. The third-order valence-electron chi connectivity index (χ3n) is 4.94. The minimum absolute atomic E-state index is 0.239. The minimum atomic E-state index is -0.306. The average molecular weight is 344 g/mol. The summed E-state index contributed by atoms with van der Waals surface area (Å²) in [6.07, 6.45) is 5.01. The van der Waals surface area contributed by atoms with Crippen molar-refractivity contribution < 1.29 is 0 Å². The van der Waals surface area contributed by atoms with Gasteiger partial charge in [-0.1, -0.05) is 0 Å². The maximum atomic E-state index is 12.4. The fourth-order valence-corrected chi connectivity index (χ4v) is 3.15. The fourth-order valence-electron chi connectivity index (χ4n) is 3.15. The lowest BCUT2D eigenvalue weighted by molar-refractivity contribution is 0.519. The van der Waals surface area contributed by atoms with Gasteiger partial charge >= 0.3 is 5.69 Å². The number of nitrogens with zero attached hydrogens (tertiary/aromatic N) is 5. The molecule has 0 saturated carbocycles. The molecule has 1 aliphatic rings. The summed E-state index contributed by atoms with van der Waals surface area (Å²) in [4.78, 5) is 34.8. The number of hydrogen-bond acceptors (Lipinski definition) is 6. The van der Waals surface area contributed by atoms with Gasteiger partial charge in [0.1, 0.15) is 17.8 Å². The number of piperidine rings is 1. The van der Waals surface area contributed by atoms with Crippen LogP contribution in [0.2, 0.25) is 0 Å². The molecule has 2 aromatic heterocycles. The smallest absolute Gasteiger partial charge is 0.330 e. The van der Waals surface area contributed by atoms with Crippen molar-refractivity contribution in [3.8, 4) is 0 Å². The van der Waals surface area contributed by atoms with Crippen molar-refractivity contribution in [3.63, 3.8) is 0 Å². The van der Waals surface area contributed by atoms with Crippen LogP contribution in [0.3, 0.4) is 0 Å². The molecule has 25 heavy (non-hydrogen) atoms. The molecule has 1 N–H and O–H groups in total. The topological polar surface area (TPSA) is 85.1 Å². The van der Waals surface area contributed by atoms with Gasteiger partial charge in [0, 0.05) is 50.7 Å². The molecule has 3 heterocycles. The lowest BCUT2D eigenvalue weighted by atomic mass is 10.0. The molecule has 1 saturated heterocycles. The molecule has 0 radical (unpaired) electrons. The van der Waals surface area contributed by atoms with Crippen LogP contribution in [0.25, 0.3) is 0 Å². The highest BCUT2D eigenvalue weighted by Gasteiger charge is 2.23. The van der Waals surface area contributed by atoms with Gasteiger partial charge in [0.2, 0.25) is 0 Å². The SMILES string of the molecule is Cc1ncnc(NC2CCN(c3cn(C)c(=O)n(C)c3=O)CC2)c1C. The van der Waals surface area contributed by atoms with Crippen LogP contribution in [0.1, 0.15) is 24.1 Å². The van der Waals surface area contributed by atoms with E-state index in [-0.39, 0.29) is 11.2 Å². The molecule has 0 atom stereocenters. The van der Waals surface area contributed by atoms with Gasteiger partial charge in [-0.05, 0) is 26.7 Å². The van der Waals surface area contributed by atoms with Crippen LogP contribution in [-0.2, 0) is 14.1 Å². The van der Waals surface area contributed by atoms with E-state index < -0.39 is 0 Å². The van der Waals surface area contributed by atoms with Crippen LogP contribution in [0.5, 0.6) is 0 Å². The molecule has 0 amide bonds. The maximum Gasteiger partial charge on any atom is 0.330 e. The first-order valence-corrected chi connectivity index (χ1v) is 8.45. The Hall–Kier alpha value is -2.64. The number of rotatable bonds is 3. The predicted octanol–water partition coefficient (Wildman–Crippen LogP) is 0.572. The highest BCUT2D eigenvalue weighted by Crippen LogP contribution is 2.20. The second-order valence-electron chi connectivity index (χ2n) is 6.61. The van der Waals surface area contributed by atoms with Gasteiger partial charge in [-0.25, -0.2) is 14.8 Å². The van der Waals surface area contributed by atoms with Crippen LogP contribution in [0.4, 0.5) is 11.5 Å². The van der Waals surface area contributed by atoms with E-state index in [0.717, 1.165) is 47.6 Å². The Bertz CT molecular complexity index is 893. The minimum Gasteiger partial charge on any atom is -0.367 e. The third kappa shape index (κ3) is 3.29. The van der Waals surface area contributed by atoms with Crippen molar-refractivity contribution in [1.82, 2.24) is 19.1 Å². The number of nitrogens with one attached hydrogen (secondary N) is 1. The van der Waals surface area contributed by atoms with E-state index in [9.17, 15) is 9.59 Å². The molecule has 0 aromatic carbocycles. The number of hydrogen-bond donors (Lipinski definition) is 1. The summed E-state index contributed by atoms with van der Waals surface area (Å²) in [5.41, 5.74) is 2.08. The van der Waals surface area contributed by atoms with E-state index in [1.165, 1.54) is 11.6 Å². The molecule has 0 spiro atoms. The molecule has 0 unspecified atom stereocenters. The molecular formula is C17H24N6O2. The van der Waals surface area contributed by atoms with E-state index in [1.54, 1.807) is 19.6 Å². The molecular weight excluding hydrogens is 320 g/mol. The lowest BCUT2D eigenvalue weighted by Gasteiger charge is -2.34. The molecule has 8 heteroatoms. The van der Waals surface area contributed by atoms with E-state index in [0.29, 0.717) is 11.7 Å². The van der Waals surface area contributed by atoms with Gasteiger partial charge < -0.3 is 14.8 Å². The van der Waals surface area contributed by atoms with Crippen molar-refractivity contribution in [2.45, 2.75) is 32.7 Å². The van der Waals surface area contributed by atoms with Gasteiger partial charge in [-0.15, -0.1) is 0 Å². The average Bonchev–Trinajstić information content (AvgIpc) is 2.61. The van der Waals surface area contributed by atoms with Gasteiger partial charge in [0.05, 0.1) is 0 Å². The van der Waals surface area contributed by atoms with Gasteiger partial charge in [-0.2, -0.15) is 0 Å². The highest BCUT2D eigenvalue weighted by atomic mass is 16.2. The Labute approximate surface area is 146 Å². The van der Waals surface area contributed by atoms with E-state index in [4.69, 9.17) is 0 Å². The van der Waals surface area contributed by atoms with Crippen LogP contribution >= 0.6 is 0 Å². The Morgan fingerprint density at radius 2 is 1.80 bits per heavy atom. The molecule has 1 aliphatic heterocycles. The van der Waals surface area contributed by atoms with Crippen molar-refractivity contribution in [3.05, 3.63) is 44.6 Å². The maximum absolute atomic E-state index is 12.4. The second-order valence-corrected chi connectivity index (χ2v) is 6.61. The Morgan fingerprint density at radius 3 is 2.48 bits per heavy atom. The lowest BCUT2D eigenvalue weighted by Crippen LogP contribution is -2.45. The van der Waals surface area contributed by atoms with E-state index in [1.807, 2.05) is 13.8 Å². The van der Waals surface area contributed by atoms with Crippen LogP contribution in [-0.4, -0.2) is 38.2 Å². The van der Waals surface area contributed by atoms with Crippen molar-refractivity contribution in [2.75, 3.05) is 23.3 Å². The first-order chi connectivity index (χ1) is 11.9.